The van der Waals surface area contributed by atoms with Crippen LogP contribution in [0.15, 0.2) is 60.9 Å². The third-order valence-electron chi connectivity index (χ3n) is 3.30. The highest BCUT2D eigenvalue weighted by atomic mass is 35.5. The Kier molecular flexibility index (Phi) is 4.30. The highest BCUT2D eigenvalue weighted by Crippen LogP contribution is 2.24. The predicted octanol–water partition coefficient (Wildman–Crippen LogP) is 3.79. The lowest BCUT2D eigenvalue weighted by molar-refractivity contribution is 0.102. The number of hydrogen-bond acceptors (Lipinski definition) is 3. The average Bonchev–Trinajstić information content (AvgIpc) is 3.10. The van der Waals surface area contributed by atoms with Crippen LogP contribution in [0.5, 0.6) is 5.75 Å². The molecule has 0 spiro atoms. The first-order valence-electron chi connectivity index (χ1n) is 6.92. The van der Waals surface area contributed by atoms with Crippen molar-refractivity contribution in [1.82, 2.24) is 9.78 Å². The van der Waals surface area contributed by atoms with Gasteiger partial charge in [0.2, 0.25) is 0 Å². The second-order valence-corrected chi connectivity index (χ2v) is 5.23. The van der Waals surface area contributed by atoms with Crippen molar-refractivity contribution in [3.8, 4) is 11.4 Å². The van der Waals surface area contributed by atoms with Crippen LogP contribution < -0.4 is 10.1 Å². The number of nitrogens with one attached hydrogen (secondary N) is 1. The van der Waals surface area contributed by atoms with E-state index in [4.69, 9.17) is 16.3 Å². The number of carbonyl (C=O) groups excluding carboxylic acids is 1. The van der Waals surface area contributed by atoms with E-state index in [1.807, 2.05) is 36.5 Å². The topological polar surface area (TPSA) is 56.1 Å². The number of aromatic nitrogens is 2. The Morgan fingerprint density at radius 1 is 1.22 bits per heavy atom. The van der Waals surface area contributed by atoms with Crippen molar-refractivity contribution in [2.24, 2.45) is 0 Å². The molecule has 116 valence electrons. The molecule has 0 unspecified atom stereocenters. The van der Waals surface area contributed by atoms with Crippen LogP contribution in [0.2, 0.25) is 5.02 Å². The molecule has 0 bridgehead atoms. The molecule has 23 heavy (non-hydrogen) atoms. The zero-order valence-corrected chi connectivity index (χ0v) is 13.1. The lowest BCUT2D eigenvalue weighted by Gasteiger charge is -2.10. The van der Waals surface area contributed by atoms with Gasteiger partial charge >= 0.3 is 0 Å². The fraction of sp³-hybridized carbons (Fsp3) is 0.0588. The van der Waals surface area contributed by atoms with Gasteiger partial charge in [0.1, 0.15) is 5.75 Å². The van der Waals surface area contributed by atoms with Crippen LogP contribution in [-0.2, 0) is 0 Å². The van der Waals surface area contributed by atoms with Crippen molar-refractivity contribution in [2.45, 2.75) is 0 Å². The summed E-state index contributed by atoms with van der Waals surface area (Å²) in [7, 11) is 1.51. The number of anilines is 1. The van der Waals surface area contributed by atoms with Gasteiger partial charge in [-0.2, -0.15) is 5.10 Å². The second-order valence-electron chi connectivity index (χ2n) is 4.80. The van der Waals surface area contributed by atoms with Crippen molar-refractivity contribution in [1.29, 1.82) is 0 Å². The summed E-state index contributed by atoms with van der Waals surface area (Å²) in [4.78, 5) is 12.4. The van der Waals surface area contributed by atoms with Gasteiger partial charge in [0, 0.05) is 23.1 Å². The minimum atomic E-state index is -0.281. The number of ether oxygens (including phenoxy) is 1. The highest BCUT2D eigenvalue weighted by Gasteiger charge is 2.13. The van der Waals surface area contributed by atoms with Gasteiger partial charge in [-0.3, -0.25) is 4.79 Å². The Balaban J connectivity index is 1.79. The van der Waals surface area contributed by atoms with Crippen molar-refractivity contribution in [3.05, 3.63) is 71.5 Å². The molecule has 0 fully saturated rings. The van der Waals surface area contributed by atoms with E-state index in [1.54, 1.807) is 29.1 Å². The van der Waals surface area contributed by atoms with Crippen LogP contribution in [-0.4, -0.2) is 22.8 Å². The van der Waals surface area contributed by atoms with Crippen LogP contribution in [0.4, 0.5) is 5.69 Å². The minimum absolute atomic E-state index is 0.281. The van der Waals surface area contributed by atoms with E-state index in [2.05, 4.69) is 10.4 Å². The van der Waals surface area contributed by atoms with Crippen molar-refractivity contribution in [3.63, 3.8) is 0 Å². The summed E-state index contributed by atoms with van der Waals surface area (Å²) in [5.41, 5.74) is 1.97. The van der Waals surface area contributed by atoms with Gasteiger partial charge in [-0.25, -0.2) is 4.68 Å². The standard InChI is InChI=1S/C17H14ClN3O2/c1-23-16-8-3-12(18)11-15(16)17(22)20-13-4-6-14(7-5-13)21-10-2-9-19-21/h2-11H,1H3,(H,20,22). The van der Waals surface area contributed by atoms with Crippen molar-refractivity contribution < 1.29 is 9.53 Å². The largest absolute Gasteiger partial charge is 0.496 e. The summed E-state index contributed by atoms with van der Waals surface area (Å²) in [5.74, 6) is 0.191. The molecule has 1 aromatic heterocycles. The fourth-order valence-electron chi connectivity index (χ4n) is 2.18. The average molecular weight is 328 g/mol. The zero-order valence-electron chi connectivity index (χ0n) is 12.4. The Labute approximate surface area is 138 Å². The van der Waals surface area contributed by atoms with Gasteiger partial charge in [0.05, 0.1) is 18.4 Å². The van der Waals surface area contributed by atoms with Crippen LogP contribution in [0.1, 0.15) is 10.4 Å². The Hall–Kier alpha value is -2.79. The molecule has 0 aliphatic rings. The van der Waals surface area contributed by atoms with Crippen LogP contribution in [0, 0.1) is 0 Å². The first-order valence-corrected chi connectivity index (χ1v) is 7.30. The van der Waals surface area contributed by atoms with Crippen molar-refractivity contribution >= 4 is 23.2 Å². The number of nitrogens with zero attached hydrogens (tertiary/aromatic N) is 2. The molecule has 6 heteroatoms. The molecule has 0 saturated heterocycles. The Morgan fingerprint density at radius 2 is 2.00 bits per heavy atom. The lowest BCUT2D eigenvalue weighted by atomic mass is 10.1. The number of hydrogen-bond donors (Lipinski definition) is 1. The maximum Gasteiger partial charge on any atom is 0.259 e. The molecule has 3 aromatic rings. The Bertz CT molecular complexity index is 814. The maximum absolute atomic E-state index is 12.4. The van der Waals surface area contributed by atoms with E-state index in [9.17, 15) is 4.79 Å². The molecule has 0 aliphatic heterocycles. The monoisotopic (exact) mass is 327 g/mol. The molecule has 0 saturated carbocycles. The summed E-state index contributed by atoms with van der Waals surface area (Å²) in [5, 5.41) is 7.46. The highest BCUT2D eigenvalue weighted by molar-refractivity contribution is 6.31. The third-order valence-corrected chi connectivity index (χ3v) is 3.54. The summed E-state index contributed by atoms with van der Waals surface area (Å²) < 4.78 is 6.94. The van der Waals surface area contributed by atoms with Gasteiger partial charge in [-0.1, -0.05) is 11.6 Å². The molecule has 1 heterocycles. The molecule has 0 radical (unpaired) electrons. The summed E-state index contributed by atoms with van der Waals surface area (Å²) in [6.07, 6.45) is 3.56. The molecular formula is C17H14ClN3O2. The number of rotatable bonds is 4. The van der Waals surface area contributed by atoms with E-state index >= 15 is 0 Å². The van der Waals surface area contributed by atoms with E-state index in [0.717, 1.165) is 5.69 Å². The predicted molar refractivity (Wildman–Crippen MR) is 89.5 cm³/mol. The SMILES string of the molecule is COc1ccc(Cl)cc1C(=O)Nc1ccc(-n2cccn2)cc1. The molecule has 3 rings (SSSR count). The van der Waals surface area contributed by atoms with Gasteiger partial charge < -0.3 is 10.1 Å². The normalized spacial score (nSPS) is 10.3. The van der Waals surface area contributed by atoms with Crippen LogP contribution in [0.3, 0.4) is 0 Å². The number of carbonyl (C=O) groups is 1. The zero-order chi connectivity index (χ0) is 16.2. The van der Waals surface area contributed by atoms with E-state index in [1.165, 1.54) is 7.11 Å². The Morgan fingerprint density at radius 3 is 2.65 bits per heavy atom. The first kappa shape index (κ1) is 15.1. The molecule has 5 nitrogen and oxygen atoms in total. The fourth-order valence-corrected chi connectivity index (χ4v) is 2.35. The first-order chi connectivity index (χ1) is 11.2. The van der Waals surface area contributed by atoms with Gasteiger partial charge in [-0.15, -0.1) is 0 Å². The van der Waals surface area contributed by atoms with E-state index in [-0.39, 0.29) is 5.91 Å². The van der Waals surface area contributed by atoms with Crippen molar-refractivity contribution in [2.75, 3.05) is 12.4 Å². The number of amides is 1. The second kappa shape index (κ2) is 6.54. The minimum Gasteiger partial charge on any atom is -0.496 e. The van der Waals surface area contributed by atoms with Gasteiger partial charge in [0.25, 0.3) is 5.91 Å². The third kappa shape index (κ3) is 3.35. The molecule has 0 atom stereocenters. The van der Waals surface area contributed by atoms with Gasteiger partial charge in [0.15, 0.2) is 0 Å². The van der Waals surface area contributed by atoms with E-state index in [0.29, 0.717) is 22.0 Å². The molecular weight excluding hydrogens is 314 g/mol. The molecule has 1 amide bonds. The summed E-state index contributed by atoms with van der Waals surface area (Å²) >= 11 is 5.95. The lowest BCUT2D eigenvalue weighted by Crippen LogP contribution is -2.13. The summed E-state index contributed by atoms with van der Waals surface area (Å²) in [6, 6.07) is 14.1. The smallest absolute Gasteiger partial charge is 0.259 e. The number of benzene rings is 2. The maximum atomic E-state index is 12.4. The van der Waals surface area contributed by atoms with Crippen LogP contribution in [0.25, 0.3) is 5.69 Å². The molecule has 0 aliphatic carbocycles. The van der Waals surface area contributed by atoms with Gasteiger partial charge in [-0.05, 0) is 48.5 Å². The molecule has 1 N–H and O–H groups in total. The number of halogens is 1. The quantitative estimate of drug-likeness (QED) is 0.793. The van der Waals surface area contributed by atoms with E-state index < -0.39 is 0 Å². The number of methoxy groups -OCH3 is 1. The van der Waals surface area contributed by atoms with Crippen LogP contribution >= 0.6 is 11.6 Å². The molecule has 2 aromatic carbocycles. The summed E-state index contributed by atoms with van der Waals surface area (Å²) in [6.45, 7) is 0.